The Labute approximate surface area is 215 Å². The number of hydrogen-bond donors (Lipinski definition) is 9. The van der Waals surface area contributed by atoms with Crippen molar-refractivity contribution in [2.75, 3.05) is 19.6 Å². The number of primary amides is 1. The summed E-state index contributed by atoms with van der Waals surface area (Å²) in [7, 11) is 0. The highest BCUT2D eigenvalue weighted by Gasteiger charge is 2.31. The molecule has 0 bridgehead atoms. The summed E-state index contributed by atoms with van der Waals surface area (Å²) in [6, 6.07) is -3.91. The molecular formula is C22H41N9O6. The first-order chi connectivity index (χ1) is 17.5. The van der Waals surface area contributed by atoms with Gasteiger partial charge in [-0.2, -0.15) is 0 Å². The maximum atomic E-state index is 13.1. The van der Waals surface area contributed by atoms with Gasteiger partial charge in [-0.3, -0.25) is 24.2 Å². The van der Waals surface area contributed by atoms with E-state index in [0.717, 1.165) is 6.42 Å². The van der Waals surface area contributed by atoms with Gasteiger partial charge >= 0.3 is 5.97 Å². The molecule has 1 aliphatic heterocycles. The lowest BCUT2D eigenvalue weighted by molar-refractivity contribution is -0.142. The van der Waals surface area contributed by atoms with E-state index in [-0.39, 0.29) is 38.2 Å². The number of nitrogens with one attached hydrogen (secondary N) is 4. The highest BCUT2D eigenvalue weighted by atomic mass is 16.4. The van der Waals surface area contributed by atoms with Crippen molar-refractivity contribution in [2.45, 2.75) is 82.0 Å². The van der Waals surface area contributed by atoms with Crippen molar-refractivity contribution >= 4 is 35.6 Å². The second-order valence-corrected chi connectivity index (χ2v) is 8.91. The van der Waals surface area contributed by atoms with Gasteiger partial charge in [-0.15, -0.1) is 0 Å². The number of guanidine groups is 1. The van der Waals surface area contributed by atoms with Crippen molar-refractivity contribution in [3.8, 4) is 0 Å². The lowest BCUT2D eigenvalue weighted by Gasteiger charge is -2.25. The van der Waals surface area contributed by atoms with Gasteiger partial charge < -0.3 is 49.3 Å². The number of nitrogens with zero attached hydrogens (tertiary/aromatic N) is 1. The summed E-state index contributed by atoms with van der Waals surface area (Å²) in [5.41, 5.74) is 21.3. The number of rotatable bonds is 18. The molecule has 1 aliphatic rings. The largest absolute Gasteiger partial charge is 0.480 e. The fourth-order valence-corrected chi connectivity index (χ4v) is 3.80. The standard InChI is InChI=1S/C22H41N9O6/c23-10-2-1-5-16(21(36)37)31-19(34)14(7-4-12-28-22(25)26)29-20(35)15(8-9-17(24)32)30-18(33)13-6-3-11-27-13/h13-16,27H,1-12,23H2,(H2,24,32)(H,29,35)(H,30,33)(H,31,34)(H,36,37)(H4,25,26,28). The first kappa shape index (κ1) is 31.6. The molecule has 1 saturated heterocycles. The van der Waals surface area contributed by atoms with Crippen molar-refractivity contribution in [2.24, 2.45) is 27.9 Å². The molecule has 1 rings (SSSR count). The molecule has 4 atom stereocenters. The summed E-state index contributed by atoms with van der Waals surface area (Å²) in [4.78, 5) is 65.5. The molecule has 15 heteroatoms. The van der Waals surface area contributed by atoms with Crippen LogP contribution in [0.1, 0.15) is 57.8 Å². The van der Waals surface area contributed by atoms with Crippen LogP contribution < -0.4 is 44.2 Å². The molecule has 4 unspecified atom stereocenters. The Bertz CT molecular complexity index is 812. The molecule has 15 nitrogen and oxygen atoms in total. The quantitative estimate of drug-likeness (QED) is 0.0487. The third-order valence-corrected chi connectivity index (χ3v) is 5.83. The van der Waals surface area contributed by atoms with Crippen LogP contribution >= 0.6 is 0 Å². The minimum atomic E-state index is -1.22. The third-order valence-electron chi connectivity index (χ3n) is 5.83. The number of carbonyl (C=O) groups excluding carboxylic acids is 4. The molecule has 13 N–H and O–H groups in total. The lowest BCUT2D eigenvalue weighted by Crippen LogP contribution is -2.57. The average Bonchev–Trinajstić information content (AvgIpc) is 3.37. The van der Waals surface area contributed by atoms with Crippen molar-refractivity contribution in [3.05, 3.63) is 0 Å². The van der Waals surface area contributed by atoms with Gasteiger partial charge in [0.2, 0.25) is 23.6 Å². The number of carboxylic acid groups (broad SMARTS) is 1. The van der Waals surface area contributed by atoms with Gasteiger partial charge in [0.25, 0.3) is 0 Å². The zero-order chi connectivity index (χ0) is 27.8. The van der Waals surface area contributed by atoms with E-state index in [1.807, 2.05) is 0 Å². The molecule has 0 aromatic carbocycles. The summed E-state index contributed by atoms with van der Waals surface area (Å²) >= 11 is 0. The third kappa shape index (κ3) is 12.9. The van der Waals surface area contributed by atoms with E-state index in [9.17, 15) is 29.1 Å². The molecule has 0 aromatic heterocycles. The summed E-state index contributed by atoms with van der Waals surface area (Å²) in [5, 5.41) is 20.2. The molecule has 4 amide bonds. The van der Waals surface area contributed by atoms with Gasteiger partial charge in [-0.1, -0.05) is 0 Å². The van der Waals surface area contributed by atoms with Gasteiger partial charge in [0.1, 0.15) is 18.1 Å². The highest BCUT2D eigenvalue weighted by Crippen LogP contribution is 2.08. The zero-order valence-corrected chi connectivity index (χ0v) is 21.0. The highest BCUT2D eigenvalue weighted by molar-refractivity contribution is 5.94. The number of nitrogens with two attached hydrogens (primary N) is 4. The Balaban J connectivity index is 2.97. The zero-order valence-electron chi connectivity index (χ0n) is 21.0. The van der Waals surface area contributed by atoms with E-state index < -0.39 is 53.8 Å². The lowest BCUT2D eigenvalue weighted by atomic mass is 10.0. The van der Waals surface area contributed by atoms with E-state index >= 15 is 0 Å². The van der Waals surface area contributed by atoms with Gasteiger partial charge in [-0.05, 0) is 64.5 Å². The Kier molecular flexibility index (Phi) is 14.6. The predicted molar refractivity (Wildman–Crippen MR) is 136 cm³/mol. The van der Waals surface area contributed by atoms with Gasteiger partial charge in [0.15, 0.2) is 5.96 Å². The Morgan fingerprint density at radius 1 is 0.892 bits per heavy atom. The minimum Gasteiger partial charge on any atom is -0.480 e. The normalized spacial score (nSPS) is 17.2. The van der Waals surface area contributed by atoms with Crippen LogP contribution in [0.4, 0.5) is 0 Å². The summed E-state index contributed by atoms with van der Waals surface area (Å²) < 4.78 is 0. The van der Waals surface area contributed by atoms with Gasteiger partial charge in [0.05, 0.1) is 6.04 Å². The molecule has 0 aromatic rings. The van der Waals surface area contributed by atoms with Crippen LogP contribution in [0, 0.1) is 0 Å². The number of hydrogen-bond acceptors (Lipinski definition) is 8. The maximum Gasteiger partial charge on any atom is 0.326 e. The van der Waals surface area contributed by atoms with Gasteiger partial charge in [-0.25, -0.2) is 4.79 Å². The summed E-state index contributed by atoms with van der Waals surface area (Å²) in [6.07, 6.45) is 2.81. The van der Waals surface area contributed by atoms with Crippen LogP contribution in [0.15, 0.2) is 4.99 Å². The first-order valence-corrected chi connectivity index (χ1v) is 12.5. The Morgan fingerprint density at radius 2 is 1.51 bits per heavy atom. The van der Waals surface area contributed by atoms with E-state index in [4.69, 9.17) is 22.9 Å². The van der Waals surface area contributed by atoms with Crippen molar-refractivity contribution in [1.29, 1.82) is 0 Å². The van der Waals surface area contributed by atoms with Crippen LogP contribution in [0.5, 0.6) is 0 Å². The smallest absolute Gasteiger partial charge is 0.326 e. The number of unbranched alkanes of at least 4 members (excludes halogenated alkanes) is 1. The molecule has 0 spiro atoms. The van der Waals surface area contributed by atoms with Crippen LogP contribution in [0.25, 0.3) is 0 Å². The molecule has 0 saturated carbocycles. The second kappa shape index (κ2) is 17.1. The first-order valence-electron chi connectivity index (χ1n) is 12.5. The molecule has 210 valence electrons. The maximum absolute atomic E-state index is 13.1. The second-order valence-electron chi connectivity index (χ2n) is 8.91. The fraction of sp³-hybridized carbons (Fsp3) is 0.727. The molecular weight excluding hydrogens is 486 g/mol. The average molecular weight is 528 g/mol. The predicted octanol–water partition coefficient (Wildman–Crippen LogP) is -3.27. The number of amides is 4. The monoisotopic (exact) mass is 527 g/mol. The Hall–Kier alpha value is -3.46. The topological polar surface area (TPSA) is 270 Å². The SMILES string of the molecule is NCCCCC(NC(=O)C(CCCN=C(N)N)NC(=O)C(CCC(N)=O)NC(=O)C1CCCN1)C(=O)O. The van der Waals surface area contributed by atoms with E-state index in [1.165, 1.54) is 0 Å². The summed E-state index contributed by atoms with van der Waals surface area (Å²) in [5.74, 6) is -3.82. The molecule has 1 heterocycles. The number of aliphatic carboxylic acids is 1. The van der Waals surface area contributed by atoms with Crippen LogP contribution in [-0.4, -0.2) is 84.5 Å². The van der Waals surface area contributed by atoms with Crippen molar-refractivity contribution in [3.63, 3.8) is 0 Å². The molecule has 37 heavy (non-hydrogen) atoms. The van der Waals surface area contributed by atoms with E-state index in [0.29, 0.717) is 38.8 Å². The van der Waals surface area contributed by atoms with Gasteiger partial charge in [0, 0.05) is 13.0 Å². The van der Waals surface area contributed by atoms with Crippen LogP contribution in [0.2, 0.25) is 0 Å². The van der Waals surface area contributed by atoms with Crippen molar-refractivity contribution in [1.82, 2.24) is 21.3 Å². The van der Waals surface area contributed by atoms with E-state index in [1.54, 1.807) is 0 Å². The molecule has 0 radical (unpaired) electrons. The van der Waals surface area contributed by atoms with E-state index in [2.05, 4.69) is 26.3 Å². The number of aliphatic imine (C=N–C) groups is 1. The Morgan fingerprint density at radius 3 is 2.05 bits per heavy atom. The molecule has 0 aliphatic carbocycles. The number of carboxylic acids is 1. The van der Waals surface area contributed by atoms with Crippen molar-refractivity contribution < 1.29 is 29.1 Å². The summed E-state index contributed by atoms with van der Waals surface area (Å²) in [6.45, 7) is 1.24. The minimum absolute atomic E-state index is 0.0706. The fourth-order valence-electron chi connectivity index (χ4n) is 3.80. The number of carbonyl (C=O) groups is 5. The molecule has 1 fully saturated rings. The van der Waals surface area contributed by atoms with Crippen LogP contribution in [-0.2, 0) is 24.0 Å². The van der Waals surface area contributed by atoms with Crippen LogP contribution in [0.3, 0.4) is 0 Å².